The molecule has 1 saturated carbocycles. The van der Waals surface area contributed by atoms with Crippen molar-refractivity contribution in [1.29, 1.82) is 0 Å². The normalized spacial score (nSPS) is 20.1. The van der Waals surface area contributed by atoms with Gasteiger partial charge in [-0.2, -0.15) is 0 Å². The fourth-order valence-corrected chi connectivity index (χ4v) is 3.08. The summed E-state index contributed by atoms with van der Waals surface area (Å²) in [6.45, 7) is 0. The van der Waals surface area contributed by atoms with E-state index in [-0.39, 0.29) is 23.7 Å². The highest BCUT2D eigenvalue weighted by atomic mass is 19.4. The molecule has 1 fully saturated rings. The Morgan fingerprint density at radius 1 is 0.852 bits per heavy atom. The molecule has 0 atom stereocenters. The first kappa shape index (κ1) is 19.2. The van der Waals surface area contributed by atoms with Gasteiger partial charge in [-0.1, -0.05) is 24.3 Å². The molecule has 1 aliphatic carbocycles. The van der Waals surface area contributed by atoms with E-state index in [1.807, 2.05) is 0 Å². The van der Waals surface area contributed by atoms with Gasteiger partial charge in [0.05, 0.1) is 12.0 Å². The van der Waals surface area contributed by atoms with Crippen LogP contribution in [0, 0.1) is 5.92 Å². The molecule has 4 nitrogen and oxygen atoms in total. The topological polar surface area (TPSA) is 55.8 Å². The van der Waals surface area contributed by atoms with E-state index in [1.54, 1.807) is 24.3 Å². The zero-order valence-electron chi connectivity index (χ0n) is 14.4. The van der Waals surface area contributed by atoms with Crippen molar-refractivity contribution in [2.24, 2.45) is 5.92 Å². The molecule has 0 unspecified atom stereocenters. The SMILES string of the molecule is O=C(Oc1ccc(-c2ccc(OC(F)(F)F)cc2)cc1)C1CCC(O)CC1. The standard InChI is InChI=1S/C20H19F3O4/c21-20(22,23)27-18-11-5-14(6-12-18)13-3-9-17(10-4-13)26-19(25)15-1-7-16(24)8-2-15/h3-6,9-12,15-16,24H,1-2,7-8H2. The predicted molar refractivity (Wildman–Crippen MR) is 92.2 cm³/mol. The van der Waals surface area contributed by atoms with Crippen LogP contribution in [0.25, 0.3) is 11.1 Å². The van der Waals surface area contributed by atoms with E-state index in [0.29, 0.717) is 37.0 Å². The van der Waals surface area contributed by atoms with E-state index in [9.17, 15) is 23.1 Å². The summed E-state index contributed by atoms with van der Waals surface area (Å²) >= 11 is 0. The van der Waals surface area contributed by atoms with Gasteiger partial charge in [0.1, 0.15) is 11.5 Å². The second-order valence-electron chi connectivity index (χ2n) is 6.52. The average molecular weight is 380 g/mol. The van der Waals surface area contributed by atoms with Crippen LogP contribution in [0.3, 0.4) is 0 Å². The van der Waals surface area contributed by atoms with E-state index in [4.69, 9.17) is 4.74 Å². The number of rotatable bonds is 4. The van der Waals surface area contributed by atoms with Crippen molar-refractivity contribution >= 4 is 5.97 Å². The van der Waals surface area contributed by atoms with Crippen molar-refractivity contribution in [3.8, 4) is 22.6 Å². The number of alkyl halides is 3. The van der Waals surface area contributed by atoms with Crippen LogP contribution in [0.4, 0.5) is 13.2 Å². The maximum Gasteiger partial charge on any atom is 0.573 e. The summed E-state index contributed by atoms with van der Waals surface area (Å²) in [7, 11) is 0. The zero-order chi connectivity index (χ0) is 19.4. The Balaban J connectivity index is 1.60. The highest BCUT2D eigenvalue weighted by molar-refractivity contribution is 5.75. The molecule has 2 aromatic carbocycles. The van der Waals surface area contributed by atoms with Crippen LogP contribution in [0.5, 0.6) is 11.5 Å². The predicted octanol–water partition coefficient (Wildman–Crippen LogP) is 4.71. The first-order valence-corrected chi connectivity index (χ1v) is 8.66. The molecule has 1 aliphatic rings. The summed E-state index contributed by atoms with van der Waals surface area (Å²) in [5, 5.41) is 9.49. The number of carbonyl (C=O) groups excluding carboxylic acids is 1. The molecule has 7 heteroatoms. The molecule has 2 aromatic rings. The maximum atomic E-state index is 12.2. The third-order valence-corrected chi connectivity index (χ3v) is 4.52. The number of carbonyl (C=O) groups is 1. The lowest BCUT2D eigenvalue weighted by molar-refractivity contribution is -0.274. The summed E-state index contributed by atoms with van der Waals surface area (Å²) in [5.41, 5.74) is 1.48. The Labute approximate surface area is 154 Å². The number of aliphatic hydroxyl groups excluding tert-OH is 1. The van der Waals surface area contributed by atoms with Gasteiger partial charge in [-0.05, 0) is 61.1 Å². The largest absolute Gasteiger partial charge is 0.573 e. The third-order valence-electron chi connectivity index (χ3n) is 4.52. The van der Waals surface area contributed by atoms with Gasteiger partial charge in [-0.15, -0.1) is 13.2 Å². The fraction of sp³-hybridized carbons (Fsp3) is 0.350. The van der Waals surface area contributed by atoms with Crippen LogP contribution in [0.2, 0.25) is 0 Å². The average Bonchev–Trinajstić information content (AvgIpc) is 2.62. The quantitative estimate of drug-likeness (QED) is 0.617. The number of hydrogen-bond acceptors (Lipinski definition) is 4. The summed E-state index contributed by atoms with van der Waals surface area (Å²) < 4.78 is 45.8. The van der Waals surface area contributed by atoms with Crippen molar-refractivity contribution in [1.82, 2.24) is 0 Å². The monoisotopic (exact) mass is 380 g/mol. The van der Waals surface area contributed by atoms with Gasteiger partial charge in [0, 0.05) is 0 Å². The zero-order valence-corrected chi connectivity index (χ0v) is 14.4. The van der Waals surface area contributed by atoms with Crippen molar-refractivity contribution in [3.63, 3.8) is 0 Å². The Bertz CT molecular complexity index is 761. The van der Waals surface area contributed by atoms with E-state index in [1.165, 1.54) is 24.3 Å². The Hall–Kier alpha value is -2.54. The molecule has 0 spiro atoms. The fourth-order valence-electron chi connectivity index (χ4n) is 3.08. The minimum Gasteiger partial charge on any atom is -0.426 e. The number of hydrogen-bond donors (Lipinski definition) is 1. The number of ether oxygens (including phenoxy) is 2. The van der Waals surface area contributed by atoms with Gasteiger partial charge >= 0.3 is 12.3 Å². The molecule has 1 N–H and O–H groups in total. The summed E-state index contributed by atoms with van der Waals surface area (Å²) in [4.78, 5) is 12.2. The minimum atomic E-state index is -4.72. The van der Waals surface area contributed by atoms with Gasteiger partial charge in [0.2, 0.25) is 0 Å². The van der Waals surface area contributed by atoms with Crippen LogP contribution in [0.1, 0.15) is 25.7 Å². The second kappa shape index (κ2) is 8.00. The molecule has 144 valence electrons. The summed E-state index contributed by atoms with van der Waals surface area (Å²) in [6.07, 6.45) is -2.61. The second-order valence-corrected chi connectivity index (χ2v) is 6.52. The first-order chi connectivity index (χ1) is 12.8. The van der Waals surface area contributed by atoms with Crippen LogP contribution < -0.4 is 9.47 Å². The maximum absolute atomic E-state index is 12.2. The number of halogens is 3. The molecule has 0 bridgehead atoms. The molecule has 0 aromatic heterocycles. The highest BCUT2D eigenvalue weighted by Crippen LogP contribution is 2.29. The Morgan fingerprint density at radius 2 is 1.33 bits per heavy atom. The van der Waals surface area contributed by atoms with Gasteiger partial charge in [0.25, 0.3) is 0 Å². The van der Waals surface area contributed by atoms with E-state index in [0.717, 1.165) is 5.56 Å². The third kappa shape index (κ3) is 5.47. The lowest BCUT2D eigenvalue weighted by atomic mass is 9.87. The Morgan fingerprint density at radius 3 is 1.81 bits per heavy atom. The number of benzene rings is 2. The van der Waals surface area contributed by atoms with Crippen molar-refractivity contribution in [2.75, 3.05) is 0 Å². The molecule has 27 heavy (non-hydrogen) atoms. The lowest BCUT2D eigenvalue weighted by Crippen LogP contribution is -2.27. The van der Waals surface area contributed by atoms with E-state index in [2.05, 4.69) is 4.74 Å². The minimum absolute atomic E-state index is 0.200. The van der Waals surface area contributed by atoms with E-state index >= 15 is 0 Å². The van der Waals surface area contributed by atoms with E-state index < -0.39 is 6.36 Å². The van der Waals surface area contributed by atoms with Crippen LogP contribution in [0.15, 0.2) is 48.5 Å². The molecule has 0 heterocycles. The van der Waals surface area contributed by atoms with Crippen LogP contribution in [-0.4, -0.2) is 23.5 Å². The number of aliphatic hydroxyl groups is 1. The van der Waals surface area contributed by atoms with Crippen molar-refractivity contribution in [2.45, 2.75) is 38.1 Å². The summed E-state index contributed by atoms with van der Waals surface area (Å²) in [6, 6.07) is 12.3. The molecule has 0 aliphatic heterocycles. The van der Waals surface area contributed by atoms with Crippen LogP contribution in [-0.2, 0) is 4.79 Å². The molecule has 0 radical (unpaired) electrons. The lowest BCUT2D eigenvalue weighted by Gasteiger charge is -2.23. The van der Waals surface area contributed by atoms with Gasteiger partial charge < -0.3 is 14.6 Å². The molecular weight excluding hydrogens is 361 g/mol. The highest BCUT2D eigenvalue weighted by Gasteiger charge is 2.31. The van der Waals surface area contributed by atoms with Gasteiger partial charge in [0.15, 0.2) is 0 Å². The molecule has 3 rings (SSSR count). The summed E-state index contributed by atoms with van der Waals surface area (Å²) in [5.74, 6) is -0.376. The van der Waals surface area contributed by atoms with Crippen molar-refractivity contribution in [3.05, 3.63) is 48.5 Å². The smallest absolute Gasteiger partial charge is 0.426 e. The molecule has 0 saturated heterocycles. The van der Waals surface area contributed by atoms with Crippen molar-refractivity contribution < 1.29 is 32.5 Å². The Kier molecular flexibility index (Phi) is 5.70. The van der Waals surface area contributed by atoms with Gasteiger partial charge in [-0.3, -0.25) is 4.79 Å². The molecular formula is C20H19F3O4. The number of esters is 1. The van der Waals surface area contributed by atoms with Crippen LogP contribution >= 0.6 is 0 Å². The molecule has 0 amide bonds. The van der Waals surface area contributed by atoms with Gasteiger partial charge in [-0.25, -0.2) is 0 Å². The first-order valence-electron chi connectivity index (χ1n) is 8.66.